The minimum absolute atomic E-state index is 0. The summed E-state index contributed by atoms with van der Waals surface area (Å²) in [7, 11) is 4.76. The fourth-order valence-corrected chi connectivity index (χ4v) is 0.371. The molecule has 0 aliphatic rings. The summed E-state index contributed by atoms with van der Waals surface area (Å²) in [6.07, 6.45) is 0. The molecule has 0 bridgehead atoms. The molecule has 0 spiro atoms. The third kappa shape index (κ3) is 6.91. The summed E-state index contributed by atoms with van der Waals surface area (Å²) in [4.78, 5) is 0. The summed E-state index contributed by atoms with van der Waals surface area (Å²) in [5, 5.41) is 0. The van der Waals surface area contributed by atoms with Crippen LogP contribution in [0.3, 0.4) is 0 Å². The van der Waals surface area contributed by atoms with Gasteiger partial charge in [0.1, 0.15) is 0 Å². The predicted octanol–water partition coefficient (Wildman–Crippen LogP) is 2.93. The van der Waals surface area contributed by atoms with Crippen LogP contribution in [0, 0.1) is 11.9 Å². The van der Waals surface area contributed by atoms with E-state index in [-0.39, 0.29) is 29.8 Å². The van der Waals surface area contributed by atoms with Gasteiger partial charge in [-0.3, -0.25) is 4.39 Å². The number of hydrogen-bond acceptors (Lipinski definition) is 0. The van der Waals surface area contributed by atoms with Crippen molar-refractivity contribution in [1.82, 2.24) is 0 Å². The van der Waals surface area contributed by atoms with E-state index in [4.69, 9.17) is 9.69 Å². The van der Waals surface area contributed by atoms with Crippen molar-refractivity contribution in [3.05, 3.63) is 36.1 Å². The summed E-state index contributed by atoms with van der Waals surface area (Å²) >= 11 is 0.847. The first kappa shape index (κ1) is 13.4. The predicted molar refractivity (Wildman–Crippen MR) is 46.5 cm³/mol. The quantitative estimate of drug-likeness (QED) is 0.391. The zero-order valence-electron chi connectivity index (χ0n) is 5.18. The van der Waals surface area contributed by atoms with Crippen LogP contribution in [0.2, 0.25) is 0 Å². The molecule has 0 amide bonds. The summed E-state index contributed by atoms with van der Waals surface area (Å²) in [5.74, 6) is -0.234. The third-order valence-corrected chi connectivity index (χ3v) is 0.669. The van der Waals surface area contributed by atoms with Crippen molar-refractivity contribution in [1.29, 1.82) is 0 Å². The fourth-order valence-electron chi connectivity index (χ4n) is 0.371. The maximum absolute atomic E-state index is 11.9. The number of rotatable bonds is 0. The molecule has 0 nitrogen and oxygen atoms in total. The van der Waals surface area contributed by atoms with Gasteiger partial charge in [-0.15, -0.1) is 36.1 Å². The number of halogens is 3. The number of benzene rings is 1. The summed E-state index contributed by atoms with van der Waals surface area (Å²) in [5.41, 5.74) is 0. The van der Waals surface area contributed by atoms with Gasteiger partial charge in [0.05, 0.1) is 0 Å². The van der Waals surface area contributed by atoms with Gasteiger partial charge in [0, 0.05) is 5.82 Å². The Morgan fingerprint density at radius 3 is 2.30 bits per heavy atom. The molecule has 0 heterocycles. The Kier molecular flexibility index (Phi) is 13.1. The molecule has 10 heavy (non-hydrogen) atoms. The molecule has 1 rings (SSSR count). The van der Waals surface area contributed by atoms with Gasteiger partial charge in [0.15, 0.2) is 0 Å². The van der Waals surface area contributed by atoms with Crippen LogP contribution in [0.1, 0.15) is 0 Å². The van der Waals surface area contributed by atoms with Crippen LogP contribution < -0.4 is 0 Å². The second kappa shape index (κ2) is 9.79. The Hall–Kier alpha value is 0.793. The molecule has 0 saturated carbocycles. The normalized spacial score (nSPS) is 6.80. The Morgan fingerprint density at radius 1 is 1.50 bits per heavy atom. The van der Waals surface area contributed by atoms with E-state index >= 15 is 0 Å². The van der Waals surface area contributed by atoms with Gasteiger partial charge in [-0.25, -0.2) is 0 Å². The second-order valence-electron chi connectivity index (χ2n) is 1.22. The van der Waals surface area contributed by atoms with E-state index in [0.717, 1.165) is 17.3 Å². The Labute approximate surface area is 90.9 Å². The zero-order chi connectivity index (χ0) is 7.11. The monoisotopic (exact) mass is 322 g/mol. The maximum atomic E-state index is 11.9. The molecular formula is C6H5ClFIZn. The van der Waals surface area contributed by atoms with E-state index in [9.17, 15) is 4.39 Å². The first-order chi connectivity index (χ1) is 4.39. The van der Waals surface area contributed by atoms with E-state index in [1.54, 1.807) is 12.1 Å². The molecule has 0 N–H and O–H groups in total. The molecule has 0 fully saturated rings. The first-order valence-corrected chi connectivity index (χ1v) is 6.18. The van der Waals surface area contributed by atoms with Crippen LogP contribution in [0.25, 0.3) is 0 Å². The third-order valence-electron chi connectivity index (χ3n) is 0.669. The number of hydrogen-bond donors (Lipinski definition) is 0. The second-order valence-corrected chi connectivity index (χ2v) is 1.22. The topological polar surface area (TPSA) is 0 Å². The molecular weight excluding hydrogens is 319 g/mol. The fraction of sp³-hybridized carbons (Fsp3) is 0. The van der Waals surface area contributed by atoms with Crippen LogP contribution in [0.15, 0.2) is 24.3 Å². The van der Waals surface area contributed by atoms with Gasteiger partial charge in [-0.2, -0.15) is 18.2 Å². The zero-order valence-corrected chi connectivity index (χ0v) is 11.2. The summed E-state index contributed by atoms with van der Waals surface area (Å²) in [6, 6.07) is 8.53. The van der Waals surface area contributed by atoms with Crippen molar-refractivity contribution in [2.75, 3.05) is 0 Å². The van der Waals surface area contributed by atoms with Gasteiger partial charge in [0.2, 0.25) is 0 Å². The Morgan fingerprint density at radius 2 is 2.10 bits per heavy atom. The molecule has 1 aromatic rings. The van der Waals surface area contributed by atoms with E-state index in [1.807, 2.05) is 0 Å². The van der Waals surface area contributed by atoms with E-state index in [2.05, 4.69) is 6.07 Å². The first-order valence-electron chi connectivity index (χ1n) is 2.28. The van der Waals surface area contributed by atoms with Crippen molar-refractivity contribution >= 4 is 33.7 Å². The molecule has 0 unspecified atom stereocenters. The molecule has 0 atom stereocenters. The van der Waals surface area contributed by atoms with Crippen LogP contribution >= 0.6 is 33.7 Å². The van der Waals surface area contributed by atoms with Crippen molar-refractivity contribution in [3.8, 4) is 0 Å². The Balaban J connectivity index is 0. The molecule has 52 valence electrons. The average molecular weight is 324 g/mol. The minimum atomic E-state index is -0.234. The van der Waals surface area contributed by atoms with Crippen molar-refractivity contribution < 1.29 is 21.7 Å². The molecule has 0 aromatic heterocycles. The Bertz CT molecular complexity index is 148. The molecule has 4 heteroatoms. The van der Waals surface area contributed by atoms with E-state index in [1.165, 1.54) is 12.1 Å². The van der Waals surface area contributed by atoms with E-state index in [0.29, 0.717) is 0 Å². The van der Waals surface area contributed by atoms with Crippen molar-refractivity contribution in [2.45, 2.75) is 0 Å². The van der Waals surface area contributed by atoms with Crippen LogP contribution in [0.4, 0.5) is 4.39 Å². The van der Waals surface area contributed by atoms with E-state index < -0.39 is 0 Å². The van der Waals surface area contributed by atoms with Gasteiger partial charge >= 0.3 is 27.0 Å². The molecule has 0 radical (unpaired) electrons. The van der Waals surface area contributed by atoms with Crippen molar-refractivity contribution in [3.63, 3.8) is 0 Å². The SMILES string of the molecule is Fc1c[c-]ccc1.I.[Cl][Zn+]. The van der Waals surface area contributed by atoms with Crippen LogP contribution in [-0.2, 0) is 17.3 Å². The average Bonchev–Trinajstić information content (AvgIpc) is 1.94. The molecule has 0 saturated heterocycles. The summed E-state index contributed by atoms with van der Waals surface area (Å²) < 4.78 is 11.9. The van der Waals surface area contributed by atoms with Crippen LogP contribution in [-0.4, -0.2) is 0 Å². The standard InChI is InChI=1S/C6H4F.ClH.HI.Zn/c7-6-4-2-1-3-5-6;;;/h1-2,4-5H;2*1H;/q-1;;;+2/p-1. The van der Waals surface area contributed by atoms with Gasteiger partial charge < -0.3 is 0 Å². The van der Waals surface area contributed by atoms with Crippen LogP contribution in [0.5, 0.6) is 0 Å². The molecule has 0 aliphatic heterocycles. The van der Waals surface area contributed by atoms with Crippen molar-refractivity contribution in [2.24, 2.45) is 0 Å². The molecule has 0 aliphatic carbocycles. The molecule has 1 aromatic carbocycles. The van der Waals surface area contributed by atoms with Gasteiger partial charge in [-0.05, 0) is 0 Å². The van der Waals surface area contributed by atoms with Gasteiger partial charge in [0.25, 0.3) is 0 Å². The summed E-state index contributed by atoms with van der Waals surface area (Å²) in [6.45, 7) is 0. The van der Waals surface area contributed by atoms with Gasteiger partial charge in [-0.1, -0.05) is 0 Å².